The van der Waals surface area contributed by atoms with Crippen LogP contribution in [-0.4, -0.2) is 43.8 Å². The Bertz CT molecular complexity index is 559. The van der Waals surface area contributed by atoms with Gasteiger partial charge in [-0.3, -0.25) is 4.79 Å². The fourth-order valence-electron chi connectivity index (χ4n) is 2.22. The predicted octanol–water partition coefficient (Wildman–Crippen LogP) is 1.31. The average molecular weight is 318 g/mol. The molecule has 1 saturated heterocycles. The van der Waals surface area contributed by atoms with Gasteiger partial charge in [0.25, 0.3) is 0 Å². The maximum Gasteiger partial charge on any atom is 0.319 e. The van der Waals surface area contributed by atoms with Crippen LogP contribution in [0.5, 0.6) is 0 Å². The fourth-order valence-corrected chi connectivity index (χ4v) is 2.22. The Balaban J connectivity index is 1.88. The molecule has 0 radical (unpaired) electrons. The van der Waals surface area contributed by atoms with Crippen molar-refractivity contribution in [3.63, 3.8) is 0 Å². The van der Waals surface area contributed by atoms with E-state index < -0.39 is 0 Å². The zero-order chi connectivity index (χ0) is 16.7. The van der Waals surface area contributed by atoms with E-state index in [0.717, 1.165) is 0 Å². The number of amides is 3. The number of urea groups is 1. The molecule has 7 nitrogen and oxygen atoms in total. The Morgan fingerprint density at radius 3 is 2.57 bits per heavy atom. The highest BCUT2D eigenvalue weighted by molar-refractivity contribution is 5.96. The first-order chi connectivity index (χ1) is 11.1. The molecule has 1 aliphatic heterocycles. The van der Waals surface area contributed by atoms with E-state index >= 15 is 0 Å². The molecule has 124 valence electrons. The van der Waals surface area contributed by atoms with Gasteiger partial charge in [0.2, 0.25) is 5.91 Å². The van der Waals surface area contributed by atoms with Crippen molar-refractivity contribution in [2.24, 2.45) is 0 Å². The quantitative estimate of drug-likeness (QED) is 0.616. The van der Waals surface area contributed by atoms with Crippen molar-refractivity contribution < 1.29 is 14.3 Å². The fraction of sp³-hybridized carbons (Fsp3) is 0.375. The smallest absolute Gasteiger partial charge is 0.319 e. The number of nitrogens with one attached hydrogen (secondary N) is 4. The van der Waals surface area contributed by atoms with Gasteiger partial charge in [-0.2, -0.15) is 0 Å². The molecule has 4 N–H and O–H groups in total. The third-order valence-electron chi connectivity index (χ3n) is 3.42. The molecule has 2 rings (SSSR count). The topological polar surface area (TPSA) is 91.5 Å². The van der Waals surface area contributed by atoms with Crippen LogP contribution in [0.15, 0.2) is 36.9 Å². The molecule has 0 unspecified atom stereocenters. The third kappa shape index (κ3) is 5.08. The Hall–Kier alpha value is -2.38. The van der Waals surface area contributed by atoms with Crippen LogP contribution in [0.4, 0.5) is 16.2 Å². The summed E-state index contributed by atoms with van der Waals surface area (Å²) >= 11 is 0. The summed E-state index contributed by atoms with van der Waals surface area (Å²) in [6.07, 6.45) is 1.43. The van der Waals surface area contributed by atoms with Crippen molar-refractivity contribution in [2.75, 3.05) is 30.3 Å². The molecule has 0 saturated carbocycles. The second kappa shape index (κ2) is 8.30. The average Bonchev–Trinajstić information content (AvgIpc) is 2.55. The number of ether oxygens (including phenoxy) is 1. The summed E-state index contributed by atoms with van der Waals surface area (Å²) in [7, 11) is 0. The highest BCUT2D eigenvalue weighted by Gasteiger charge is 2.28. The van der Waals surface area contributed by atoms with Gasteiger partial charge in [0.1, 0.15) is 6.04 Å². The van der Waals surface area contributed by atoms with Crippen LogP contribution in [0.25, 0.3) is 0 Å². The SMILES string of the molecule is C=CCNC(=O)Nc1ccc(NC(=O)[C@H]2NCCO[C@@H]2C)cc1. The Morgan fingerprint density at radius 1 is 1.30 bits per heavy atom. The molecule has 1 heterocycles. The van der Waals surface area contributed by atoms with Gasteiger partial charge in [-0.15, -0.1) is 6.58 Å². The minimum Gasteiger partial charge on any atom is -0.375 e. The summed E-state index contributed by atoms with van der Waals surface area (Å²) in [6.45, 7) is 7.06. The van der Waals surface area contributed by atoms with Crippen molar-refractivity contribution in [3.05, 3.63) is 36.9 Å². The number of carbonyl (C=O) groups is 2. The molecule has 1 fully saturated rings. The van der Waals surface area contributed by atoms with E-state index in [9.17, 15) is 9.59 Å². The minimum atomic E-state index is -0.369. The number of rotatable bonds is 5. The van der Waals surface area contributed by atoms with Gasteiger partial charge in [0, 0.05) is 24.5 Å². The van der Waals surface area contributed by atoms with Crippen molar-refractivity contribution in [1.29, 1.82) is 0 Å². The number of morpholine rings is 1. The predicted molar refractivity (Wildman–Crippen MR) is 89.5 cm³/mol. The molecule has 0 aromatic heterocycles. The van der Waals surface area contributed by atoms with Crippen molar-refractivity contribution in [1.82, 2.24) is 10.6 Å². The molecule has 1 aromatic carbocycles. The maximum atomic E-state index is 12.2. The van der Waals surface area contributed by atoms with E-state index in [1.54, 1.807) is 30.3 Å². The molecular formula is C16H22N4O3. The number of hydrogen-bond donors (Lipinski definition) is 4. The van der Waals surface area contributed by atoms with Gasteiger partial charge < -0.3 is 26.0 Å². The van der Waals surface area contributed by atoms with Crippen molar-refractivity contribution in [2.45, 2.75) is 19.1 Å². The first-order valence-corrected chi connectivity index (χ1v) is 7.52. The zero-order valence-corrected chi connectivity index (χ0v) is 13.1. The largest absolute Gasteiger partial charge is 0.375 e. The maximum absolute atomic E-state index is 12.2. The molecule has 3 amide bonds. The summed E-state index contributed by atoms with van der Waals surface area (Å²) in [5.41, 5.74) is 1.30. The summed E-state index contributed by atoms with van der Waals surface area (Å²) in [5.74, 6) is -0.137. The van der Waals surface area contributed by atoms with Gasteiger partial charge in [-0.05, 0) is 31.2 Å². The van der Waals surface area contributed by atoms with E-state index in [1.165, 1.54) is 0 Å². The van der Waals surface area contributed by atoms with E-state index in [1.807, 2.05) is 6.92 Å². The summed E-state index contributed by atoms with van der Waals surface area (Å²) in [4.78, 5) is 23.7. The molecule has 2 atom stereocenters. The van der Waals surface area contributed by atoms with E-state index in [2.05, 4.69) is 27.8 Å². The normalized spacial score (nSPS) is 20.4. The minimum absolute atomic E-state index is 0.137. The molecule has 7 heteroatoms. The number of anilines is 2. The molecule has 0 bridgehead atoms. The van der Waals surface area contributed by atoms with Crippen LogP contribution < -0.4 is 21.3 Å². The summed E-state index contributed by atoms with van der Waals surface area (Å²) in [5, 5.41) is 11.3. The second-order valence-corrected chi connectivity index (χ2v) is 5.20. The molecule has 23 heavy (non-hydrogen) atoms. The molecule has 1 aromatic rings. The number of carbonyl (C=O) groups excluding carboxylic acids is 2. The van der Waals surface area contributed by atoms with Crippen LogP contribution in [0.1, 0.15) is 6.92 Å². The van der Waals surface area contributed by atoms with Gasteiger partial charge in [-0.25, -0.2) is 4.79 Å². The highest BCUT2D eigenvalue weighted by atomic mass is 16.5. The lowest BCUT2D eigenvalue weighted by Gasteiger charge is -2.29. The standard InChI is InChI=1S/C16H22N4O3/c1-3-8-18-16(22)20-13-6-4-12(5-7-13)19-15(21)14-11(2)23-10-9-17-14/h3-7,11,14,17H,1,8-10H2,2H3,(H,19,21)(H2,18,20,22)/t11-,14+/m1/s1. The van der Waals surface area contributed by atoms with Crippen LogP contribution in [0, 0.1) is 0 Å². The lowest BCUT2D eigenvalue weighted by molar-refractivity contribution is -0.123. The third-order valence-corrected chi connectivity index (χ3v) is 3.42. The summed E-state index contributed by atoms with van der Waals surface area (Å²) in [6, 6.07) is 6.23. The van der Waals surface area contributed by atoms with Crippen molar-refractivity contribution in [3.8, 4) is 0 Å². The van der Waals surface area contributed by atoms with E-state index in [4.69, 9.17) is 4.74 Å². The van der Waals surface area contributed by atoms with E-state index in [-0.39, 0.29) is 24.1 Å². The van der Waals surface area contributed by atoms with Crippen molar-refractivity contribution >= 4 is 23.3 Å². The van der Waals surface area contributed by atoms with Gasteiger partial charge in [0.05, 0.1) is 12.7 Å². The van der Waals surface area contributed by atoms with Gasteiger partial charge in [-0.1, -0.05) is 6.08 Å². The van der Waals surface area contributed by atoms with E-state index in [0.29, 0.717) is 31.1 Å². The molecule has 1 aliphatic rings. The highest BCUT2D eigenvalue weighted by Crippen LogP contribution is 2.15. The summed E-state index contributed by atoms with van der Waals surface area (Å²) < 4.78 is 5.46. The first-order valence-electron chi connectivity index (χ1n) is 7.52. The molecular weight excluding hydrogens is 296 g/mol. The Kier molecular flexibility index (Phi) is 6.13. The number of benzene rings is 1. The van der Waals surface area contributed by atoms with Crippen LogP contribution in [-0.2, 0) is 9.53 Å². The molecule has 0 aliphatic carbocycles. The monoisotopic (exact) mass is 318 g/mol. The zero-order valence-electron chi connectivity index (χ0n) is 13.1. The Labute approximate surface area is 135 Å². The number of hydrogen-bond acceptors (Lipinski definition) is 4. The lowest BCUT2D eigenvalue weighted by atomic mass is 10.1. The lowest BCUT2D eigenvalue weighted by Crippen LogP contribution is -2.53. The van der Waals surface area contributed by atoms with Crippen LogP contribution in [0.3, 0.4) is 0 Å². The van der Waals surface area contributed by atoms with Crippen LogP contribution in [0.2, 0.25) is 0 Å². The molecule has 0 spiro atoms. The first kappa shape index (κ1) is 17.0. The van der Waals surface area contributed by atoms with Gasteiger partial charge in [0.15, 0.2) is 0 Å². The van der Waals surface area contributed by atoms with Crippen LogP contribution >= 0.6 is 0 Å². The Morgan fingerprint density at radius 2 is 1.96 bits per heavy atom. The van der Waals surface area contributed by atoms with Gasteiger partial charge >= 0.3 is 6.03 Å². The second-order valence-electron chi connectivity index (χ2n) is 5.20.